The van der Waals surface area contributed by atoms with Gasteiger partial charge in [-0.3, -0.25) is 24.8 Å². The van der Waals surface area contributed by atoms with Gasteiger partial charge >= 0.3 is 0 Å². The standard InChI is InChI=1S/C24H26N10O4S/c1-24(2)18(20-30-32-33-31-20)34-22(38)17(23(34)39-24)29-21(37)16(11-3-5-14(35)6-4-11)28-15(36)10-13-9-12(19(25)26)7-8-27-13/h3-9,16-18,23,35H,10H2,1-2H3,(H3,25,26)(H,28,36)(H,29,37)(H,30,31,32,33)/t16?,17?,18?,23-/m0/s1. The van der Waals surface area contributed by atoms with E-state index in [-0.39, 0.29) is 29.3 Å². The first kappa shape index (κ1) is 26.1. The number of nitrogens with one attached hydrogen (secondary N) is 4. The molecule has 4 heterocycles. The molecule has 14 nitrogen and oxygen atoms in total. The Labute approximate surface area is 226 Å². The van der Waals surface area contributed by atoms with Crippen LogP contribution >= 0.6 is 11.8 Å². The summed E-state index contributed by atoms with van der Waals surface area (Å²) >= 11 is 1.53. The summed E-state index contributed by atoms with van der Waals surface area (Å²) in [5.41, 5.74) is 6.73. The van der Waals surface area contributed by atoms with Crippen molar-refractivity contribution in [2.75, 3.05) is 0 Å². The number of nitrogens with two attached hydrogens (primary N) is 1. The largest absolute Gasteiger partial charge is 0.508 e. The lowest BCUT2D eigenvalue weighted by Crippen LogP contribution is -2.68. The van der Waals surface area contributed by atoms with Crippen molar-refractivity contribution in [1.82, 2.24) is 41.1 Å². The molecule has 202 valence electrons. The van der Waals surface area contributed by atoms with Crippen molar-refractivity contribution < 1.29 is 19.5 Å². The SMILES string of the molecule is CC1(C)S[C@H]2C(NC(=O)C(NC(=O)Cc3cc(C(=N)N)ccn3)c3ccc(O)cc3)C(=O)N2C1c1nnn[nH]1. The summed E-state index contributed by atoms with van der Waals surface area (Å²) in [6, 6.07) is 6.57. The van der Waals surface area contributed by atoms with Gasteiger partial charge in [-0.2, -0.15) is 0 Å². The highest BCUT2D eigenvalue weighted by Crippen LogP contribution is 2.56. The minimum atomic E-state index is -1.15. The van der Waals surface area contributed by atoms with Crippen molar-refractivity contribution >= 4 is 35.3 Å². The van der Waals surface area contributed by atoms with E-state index >= 15 is 0 Å². The predicted octanol–water partition coefficient (Wildman–Crippen LogP) is -0.0958. The van der Waals surface area contributed by atoms with Crippen LogP contribution in [0.3, 0.4) is 0 Å². The third kappa shape index (κ3) is 4.99. The number of β-lactam (4-membered cyclic amide) rings is 1. The normalized spacial score (nSPS) is 21.9. The predicted molar refractivity (Wildman–Crippen MR) is 139 cm³/mol. The molecular weight excluding hydrogens is 524 g/mol. The van der Waals surface area contributed by atoms with E-state index in [9.17, 15) is 19.5 Å². The van der Waals surface area contributed by atoms with Crippen molar-refractivity contribution in [3.05, 3.63) is 65.2 Å². The number of thioether (sulfide) groups is 1. The van der Waals surface area contributed by atoms with Crippen molar-refractivity contribution in [2.24, 2.45) is 5.73 Å². The lowest BCUT2D eigenvalue weighted by molar-refractivity contribution is -0.152. The molecule has 2 aliphatic heterocycles. The average molecular weight is 551 g/mol. The molecule has 7 N–H and O–H groups in total. The minimum Gasteiger partial charge on any atom is -0.508 e. The quantitative estimate of drug-likeness (QED) is 0.124. The molecule has 3 aromatic rings. The Bertz CT molecular complexity index is 1430. The van der Waals surface area contributed by atoms with Crippen LogP contribution in [0.1, 0.15) is 48.6 Å². The van der Waals surface area contributed by atoms with Crippen LogP contribution in [-0.4, -0.2) is 75.3 Å². The zero-order valence-corrected chi connectivity index (χ0v) is 21.8. The van der Waals surface area contributed by atoms with E-state index < -0.39 is 34.7 Å². The number of aromatic hydroxyl groups is 1. The van der Waals surface area contributed by atoms with Gasteiger partial charge in [0.05, 0.1) is 12.1 Å². The lowest BCUT2D eigenvalue weighted by Gasteiger charge is -2.44. The summed E-state index contributed by atoms with van der Waals surface area (Å²) in [5, 5.41) is 36.4. The van der Waals surface area contributed by atoms with E-state index in [0.717, 1.165) is 0 Å². The van der Waals surface area contributed by atoms with E-state index in [0.29, 0.717) is 22.6 Å². The Balaban J connectivity index is 1.33. The van der Waals surface area contributed by atoms with Crippen LogP contribution in [0, 0.1) is 5.41 Å². The number of nitrogens with zero attached hydrogens (tertiary/aromatic N) is 5. The summed E-state index contributed by atoms with van der Waals surface area (Å²) in [7, 11) is 0. The Hall–Kier alpha value is -4.53. The summed E-state index contributed by atoms with van der Waals surface area (Å²) in [4.78, 5) is 45.4. The van der Waals surface area contributed by atoms with Crippen LogP contribution in [0.15, 0.2) is 42.6 Å². The van der Waals surface area contributed by atoms with E-state index in [2.05, 4.69) is 36.2 Å². The highest BCUT2D eigenvalue weighted by Gasteiger charge is 2.63. The molecule has 0 saturated carbocycles. The van der Waals surface area contributed by atoms with Gasteiger partial charge in [-0.15, -0.1) is 16.9 Å². The number of amidine groups is 1. The van der Waals surface area contributed by atoms with Gasteiger partial charge in [0.25, 0.3) is 0 Å². The second-order valence-electron chi connectivity index (χ2n) is 9.75. The number of carbonyl (C=O) groups is 3. The third-order valence-corrected chi connectivity index (χ3v) is 8.19. The molecule has 39 heavy (non-hydrogen) atoms. The summed E-state index contributed by atoms with van der Waals surface area (Å²) < 4.78 is -0.424. The molecule has 0 radical (unpaired) electrons. The van der Waals surface area contributed by atoms with Gasteiger partial charge in [0.15, 0.2) is 5.82 Å². The summed E-state index contributed by atoms with van der Waals surface area (Å²) in [6.45, 7) is 3.95. The number of benzene rings is 1. The molecule has 0 bridgehead atoms. The number of hydrogen-bond donors (Lipinski definition) is 6. The molecule has 2 saturated heterocycles. The Morgan fingerprint density at radius 1 is 1.28 bits per heavy atom. The number of phenols is 1. The number of pyridine rings is 1. The number of fused-ring (bicyclic) bond motifs is 1. The Morgan fingerprint density at radius 3 is 2.69 bits per heavy atom. The van der Waals surface area contributed by atoms with Crippen molar-refractivity contribution in [1.29, 1.82) is 5.41 Å². The Kier molecular flexibility index (Phi) is 6.68. The van der Waals surface area contributed by atoms with E-state index in [1.807, 2.05) is 13.8 Å². The maximum absolute atomic E-state index is 13.5. The number of aromatic amines is 1. The van der Waals surface area contributed by atoms with Crippen LogP contribution in [-0.2, 0) is 20.8 Å². The van der Waals surface area contributed by atoms with Crippen molar-refractivity contribution in [2.45, 2.75) is 48.5 Å². The summed E-state index contributed by atoms with van der Waals surface area (Å²) in [6.07, 6.45) is 1.28. The van der Waals surface area contributed by atoms with E-state index in [4.69, 9.17) is 11.1 Å². The van der Waals surface area contributed by atoms with Gasteiger partial charge in [0.1, 0.15) is 35.1 Å². The fraction of sp³-hybridized carbons (Fsp3) is 0.333. The molecule has 4 atom stereocenters. The number of rotatable bonds is 8. The second kappa shape index (κ2) is 9.98. The maximum Gasteiger partial charge on any atom is 0.249 e. The fourth-order valence-corrected chi connectivity index (χ4v) is 6.43. The first-order valence-electron chi connectivity index (χ1n) is 12.0. The first-order valence-corrected chi connectivity index (χ1v) is 12.8. The highest BCUT2D eigenvalue weighted by atomic mass is 32.2. The third-order valence-electron chi connectivity index (χ3n) is 6.62. The molecule has 1 aromatic carbocycles. The molecule has 2 aliphatic rings. The van der Waals surface area contributed by atoms with Gasteiger partial charge in [0, 0.05) is 16.5 Å². The number of carbonyl (C=O) groups excluding carboxylic acids is 3. The average Bonchev–Trinajstić information content (AvgIpc) is 3.50. The van der Waals surface area contributed by atoms with Crippen LogP contribution in [0.5, 0.6) is 5.75 Å². The number of tetrazole rings is 1. The molecular formula is C24H26N10O4S. The number of amides is 3. The zero-order chi connectivity index (χ0) is 27.9. The van der Waals surface area contributed by atoms with Gasteiger partial charge in [0.2, 0.25) is 17.7 Å². The molecule has 5 rings (SSSR count). The monoisotopic (exact) mass is 550 g/mol. The smallest absolute Gasteiger partial charge is 0.249 e. The summed E-state index contributed by atoms with van der Waals surface area (Å²) in [5.74, 6) is -1.07. The molecule has 2 fully saturated rings. The fourth-order valence-electron chi connectivity index (χ4n) is 4.79. The lowest BCUT2D eigenvalue weighted by atomic mass is 9.95. The maximum atomic E-state index is 13.5. The molecule has 3 amide bonds. The molecule has 0 aliphatic carbocycles. The van der Waals surface area contributed by atoms with Crippen molar-refractivity contribution in [3.63, 3.8) is 0 Å². The number of hydrogen-bond acceptors (Lipinski definition) is 10. The van der Waals surface area contributed by atoms with Gasteiger partial charge in [-0.25, -0.2) is 5.10 Å². The minimum absolute atomic E-state index is 0.00294. The van der Waals surface area contributed by atoms with Crippen molar-refractivity contribution in [3.8, 4) is 5.75 Å². The number of nitrogen functional groups attached to an aromatic ring is 1. The second-order valence-corrected chi connectivity index (χ2v) is 11.5. The van der Waals surface area contributed by atoms with Gasteiger partial charge < -0.3 is 26.4 Å². The first-order chi connectivity index (χ1) is 18.5. The van der Waals surface area contributed by atoms with Crippen LogP contribution in [0.4, 0.5) is 0 Å². The number of H-pyrrole nitrogens is 1. The Morgan fingerprint density at radius 2 is 2.03 bits per heavy atom. The van der Waals surface area contributed by atoms with E-state index in [1.165, 1.54) is 48.3 Å². The molecule has 3 unspecified atom stereocenters. The molecule has 15 heteroatoms. The highest BCUT2D eigenvalue weighted by molar-refractivity contribution is 8.01. The van der Waals surface area contributed by atoms with Crippen LogP contribution < -0.4 is 16.4 Å². The van der Waals surface area contributed by atoms with Gasteiger partial charge in [-0.05, 0) is 54.1 Å². The number of phenolic OH excluding ortho intramolecular Hbond substituents is 1. The molecule has 2 aromatic heterocycles. The number of aromatic nitrogens is 5. The topological polar surface area (TPSA) is 216 Å². The zero-order valence-electron chi connectivity index (χ0n) is 21.0. The molecule has 0 spiro atoms. The van der Waals surface area contributed by atoms with E-state index in [1.54, 1.807) is 11.0 Å². The van der Waals surface area contributed by atoms with Crippen LogP contribution in [0.25, 0.3) is 0 Å². The van der Waals surface area contributed by atoms with Crippen LogP contribution in [0.2, 0.25) is 0 Å². The van der Waals surface area contributed by atoms with Gasteiger partial charge in [-0.1, -0.05) is 12.1 Å².